The second kappa shape index (κ2) is 8.10. The van der Waals surface area contributed by atoms with E-state index in [1.165, 1.54) is 0 Å². The van der Waals surface area contributed by atoms with E-state index >= 15 is 0 Å². The summed E-state index contributed by atoms with van der Waals surface area (Å²) < 4.78 is 5.68. The highest BCUT2D eigenvalue weighted by molar-refractivity contribution is 6.02. The Bertz CT molecular complexity index is 1060. The number of ether oxygens (including phenoxy) is 1. The summed E-state index contributed by atoms with van der Waals surface area (Å²) in [5, 5.41) is 6.28. The Balaban J connectivity index is 2.00. The summed E-state index contributed by atoms with van der Waals surface area (Å²) in [6.07, 6.45) is 1.21. The largest absolute Gasteiger partial charge is 0.496 e. The van der Waals surface area contributed by atoms with Gasteiger partial charge in [-0.15, -0.1) is 0 Å². The van der Waals surface area contributed by atoms with Crippen LogP contribution in [-0.4, -0.2) is 32.4 Å². The molecule has 1 aliphatic carbocycles. The highest BCUT2D eigenvalue weighted by atomic mass is 16.5. The van der Waals surface area contributed by atoms with Crippen LogP contribution in [0, 0.1) is 5.41 Å². The molecule has 0 saturated carbocycles. The van der Waals surface area contributed by atoms with E-state index in [-0.39, 0.29) is 23.7 Å². The normalized spacial score (nSPS) is 19.7. The Labute approximate surface area is 183 Å². The zero-order valence-electron chi connectivity index (χ0n) is 18.5. The molecule has 6 nitrogen and oxygen atoms in total. The minimum Gasteiger partial charge on any atom is -0.496 e. The molecule has 2 aromatic rings. The first-order valence-corrected chi connectivity index (χ1v) is 10.6. The summed E-state index contributed by atoms with van der Waals surface area (Å²) in [6, 6.07) is 15.2. The molecule has 0 aromatic heterocycles. The van der Waals surface area contributed by atoms with E-state index in [0.717, 1.165) is 29.1 Å². The van der Waals surface area contributed by atoms with Gasteiger partial charge in [0.2, 0.25) is 5.91 Å². The maximum absolute atomic E-state index is 13.6. The van der Waals surface area contributed by atoms with Crippen molar-refractivity contribution < 1.29 is 14.3 Å². The summed E-state index contributed by atoms with van der Waals surface area (Å²) >= 11 is 0. The first-order valence-electron chi connectivity index (χ1n) is 10.6. The lowest BCUT2D eigenvalue weighted by atomic mass is 9.73. The monoisotopic (exact) mass is 419 g/mol. The molecule has 6 heteroatoms. The molecule has 4 rings (SSSR count). The summed E-state index contributed by atoms with van der Waals surface area (Å²) in [5.41, 5.74) is 4.13. The fourth-order valence-electron chi connectivity index (χ4n) is 4.68. The smallest absolute Gasteiger partial charge is 0.239 e. The van der Waals surface area contributed by atoms with Crippen molar-refractivity contribution >= 4 is 23.1 Å². The van der Waals surface area contributed by atoms with Gasteiger partial charge in [0.25, 0.3) is 0 Å². The zero-order chi connectivity index (χ0) is 22.2. The second-order valence-corrected chi connectivity index (χ2v) is 8.92. The number of ketones is 1. The van der Waals surface area contributed by atoms with E-state index < -0.39 is 6.04 Å². The fraction of sp³-hybridized carbons (Fsp3) is 0.360. The number of rotatable bonds is 4. The Morgan fingerprint density at radius 1 is 1.16 bits per heavy atom. The third kappa shape index (κ3) is 3.90. The molecule has 1 amide bonds. The number of hydrogen-bond donors (Lipinski definition) is 2. The number of Topliss-reactive ketones (excluding diaryl/α,β-unsaturated/α-hetero) is 1. The standard InChI is InChI=1S/C25H29N3O3/c1-25(2)13-18-23(20(29)14-25)24(16-9-5-8-12-21(16)31-4)28(15-22(30)26-3)19-11-7-6-10-17(19)27-18/h5-12,24,27H,13-15H2,1-4H3,(H,26,30). The minimum atomic E-state index is -0.441. The van der Waals surface area contributed by atoms with Gasteiger partial charge in [-0.2, -0.15) is 0 Å². The summed E-state index contributed by atoms with van der Waals surface area (Å²) in [6.45, 7) is 4.35. The third-order valence-electron chi connectivity index (χ3n) is 6.03. The van der Waals surface area contributed by atoms with Crippen LogP contribution < -0.4 is 20.3 Å². The van der Waals surface area contributed by atoms with E-state index in [1.807, 2.05) is 53.4 Å². The number of hydrogen-bond acceptors (Lipinski definition) is 5. The Morgan fingerprint density at radius 3 is 2.61 bits per heavy atom. The number of benzene rings is 2. The topological polar surface area (TPSA) is 70.7 Å². The van der Waals surface area contributed by atoms with Gasteiger partial charge in [0.15, 0.2) is 5.78 Å². The van der Waals surface area contributed by atoms with Crippen LogP contribution in [0.4, 0.5) is 11.4 Å². The number of carbonyl (C=O) groups is 2. The quantitative estimate of drug-likeness (QED) is 0.782. The van der Waals surface area contributed by atoms with Crippen molar-refractivity contribution in [1.29, 1.82) is 0 Å². The molecule has 2 aromatic carbocycles. The van der Waals surface area contributed by atoms with Gasteiger partial charge < -0.3 is 20.3 Å². The molecule has 31 heavy (non-hydrogen) atoms. The Hall–Kier alpha value is -3.28. The van der Waals surface area contributed by atoms with Crippen molar-refractivity contribution in [3.05, 3.63) is 65.4 Å². The van der Waals surface area contributed by atoms with Gasteiger partial charge >= 0.3 is 0 Å². The van der Waals surface area contributed by atoms with E-state index in [9.17, 15) is 9.59 Å². The predicted molar refractivity (Wildman–Crippen MR) is 122 cm³/mol. The van der Waals surface area contributed by atoms with Crippen molar-refractivity contribution in [2.24, 2.45) is 5.41 Å². The van der Waals surface area contributed by atoms with Gasteiger partial charge in [-0.25, -0.2) is 0 Å². The molecule has 0 fully saturated rings. The molecule has 1 aliphatic heterocycles. The highest BCUT2D eigenvalue weighted by Gasteiger charge is 2.42. The number of likely N-dealkylation sites (N-methyl/N-ethyl adjacent to an activating group) is 1. The molecule has 1 heterocycles. The van der Waals surface area contributed by atoms with Gasteiger partial charge in [0, 0.05) is 30.3 Å². The van der Waals surface area contributed by atoms with Gasteiger partial charge in [-0.05, 0) is 30.0 Å². The highest BCUT2D eigenvalue weighted by Crippen LogP contribution is 2.49. The lowest BCUT2D eigenvalue weighted by Gasteiger charge is -2.38. The van der Waals surface area contributed by atoms with Crippen LogP contribution in [0.15, 0.2) is 59.8 Å². The average molecular weight is 420 g/mol. The summed E-state index contributed by atoms with van der Waals surface area (Å²) in [5.74, 6) is 0.671. The zero-order valence-corrected chi connectivity index (χ0v) is 18.5. The molecular formula is C25H29N3O3. The van der Waals surface area contributed by atoms with Crippen LogP contribution in [-0.2, 0) is 9.59 Å². The number of fused-ring (bicyclic) bond motifs is 1. The molecule has 2 aliphatic rings. The van der Waals surface area contributed by atoms with Crippen LogP contribution in [0.1, 0.15) is 38.3 Å². The number of amides is 1. The van der Waals surface area contributed by atoms with Crippen molar-refractivity contribution in [3.63, 3.8) is 0 Å². The number of para-hydroxylation sites is 3. The van der Waals surface area contributed by atoms with E-state index in [0.29, 0.717) is 17.7 Å². The molecule has 2 N–H and O–H groups in total. The minimum absolute atomic E-state index is 0.101. The van der Waals surface area contributed by atoms with Crippen LogP contribution in [0.3, 0.4) is 0 Å². The first-order chi connectivity index (χ1) is 14.8. The van der Waals surface area contributed by atoms with Gasteiger partial charge in [0.1, 0.15) is 5.75 Å². The van der Waals surface area contributed by atoms with E-state index in [2.05, 4.69) is 24.5 Å². The lowest BCUT2D eigenvalue weighted by Crippen LogP contribution is -2.41. The average Bonchev–Trinajstić information content (AvgIpc) is 2.87. The fourth-order valence-corrected chi connectivity index (χ4v) is 4.68. The summed E-state index contributed by atoms with van der Waals surface area (Å²) in [7, 11) is 3.26. The molecule has 162 valence electrons. The maximum Gasteiger partial charge on any atom is 0.239 e. The number of methoxy groups -OCH3 is 1. The van der Waals surface area contributed by atoms with Gasteiger partial charge in [-0.1, -0.05) is 44.2 Å². The Morgan fingerprint density at radius 2 is 1.87 bits per heavy atom. The van der Waals surface area contributed by atoms with E-state index in [1.54, 1.807) is 14.2 Å². The number of nitrogens with zero attached hydrogens (tertiary/aromatic N) is 1. The molecule has 0 spiro atoms. The van der Waals surface area contributed by atoms with Crippen LogP contribution in [0.2, 0.25) is 0 Å². The maximum atomic E-state index is 13.6. The van der Waals surface area contributed by atoms with Gasteiger partial charge in [0.05, 0.1) is 31.1 Å². The SMILES string of the molecule is CNC(=O)CN1c2ccccc2NC2=C(C(=O)CC(C)(C)C2)C1c1ccccc1OC. The van der Waals surface area contributed by atoms with Crippen molar-refractivity contribution in [1.82, 2.24) is 5.32 Å². The van der Waals surface area contributed by atoms with Crippen LogP contribution in [0.25, 0.3) is 0 Å². The van der Waals surface area contributed by atoms with E-state index in [4.69, 9.17) is 4.74 Å². The Kier molecular flexibility index (Phi) is 5.48. The van der Waals surface area contributed by atoms with Crippen LogP contribution >= 0.6 is 0 Å². The van der Waals surface area contributed by atoms with Crippen molar-refractivity contribution in [2.45, 2.75) is 32.7 Å². The molecular weight excluding hydrogens is 390 g/mol. The number of allylic oxidation sites excluding steroid dienone is 1. The molecule has 0 bridgehead atoms. The van der Waals surface area contributed by atoms with Gasteiger partial charge in [-0.3, -0.25) is 9.59 Å². The number of nitrogens with one attached hydrogen (secondary N) is 2. The summed E-state index contributed by atoms with van der Waals surface area (Å²) in [4.78, 5) is 28.2. The molecule has 0 saturated heterocycles. The molecule has 1 unspecified atom stereocenters. The third-order valence-corrected chi connectivity index (χ3v) is 6.03. The molecule has 1 atom stereocenters. The van der Waals surface area contributed by atoms with Crippen molar-refractivity contribution in [2.75, 3.05) is 30.9 Å². The predicted octanol–water partition coefficient (Wildman–Crippen LogP) is 4.06. The van der Waals surface area contributed by atoms with Crippen molar-refractivity contribution in [3.8, 4) is 5.75 Å². The second-order valence-electron chi connectivity index (χ2n) is 8.92. The lowest BCUT2D eigenvalue weighted by molar-refractivity contribution is -0.120. The van der Waals surface area contributed by atoms with Crippen LogP contribution in [0.5, 0.6) is 5.75 Å². The first kappa shape index (κ1) is 21.0. The molecule has 0 radical (unpaired) electrons. The number of anilines is 2. The number of carbonyl (C=O) groups excluding carboxylic acids is 2.